The Morgan fingerprint density at radius 2 is 1.19 bits per heavy atom. The Morgan fingerprint density at radius 1 is 0.865 bits per heavy atom. The molecule has 0 aromatic rings. The average molecular weight is 557 g/mol. The molecule has 0 spiro atoms. The van der Waals surface area contributed by atoms with Crippen LogP contribution < -0.4 is 0 Å². The summed E-state index contributed by atoms with van der Waals surface area (Å²) in [5.41, 5.74) is -0.302. The Bertz CT molecular complexity index is 875. The molecule has 4 unspecified atom stereocenters. The number of rotatable bonds is 7. The molecule has 2 saturated heterocycles. The predicted octanol–water partition coefficient (Wildman–Crippen LogP) is 6.08. The lowest BCUT2D eigenvalue weighted by Crippen LogP contribution is -2.74. The zero-order valence-corrected chi connectivity index (χ0v) is 28.5. The molecule has 9 heteroatoms. The van der Waals surface area contributed by atoms with Crippen LogP contribution in [-0.2, 0) is 19.1 Å². The monoisotopic (exact) mass is 556 g/mol. The maximum atomic E-state index is 12.2. The molecular weight excluding hydrogens is 500 g/mol. The molecule has 2 heterocycles. The van der Waals surface area contributed by atoms with Crippen molar-refractivity contribution in [1.82, 2.24) is 9.13 Å². The molecule has 0 aromatic heterocycles. The van der Waals surface area contributed by atoms with E-state index >= 15 is 0 Å². The van der Waals surface area contributed by atoms with Gasteiger partial charge in [-0.2, -0.15) is 0 Å². The minimum Gasteiger partial charge on any atom is -0.463 e. The van der Waals surface area contributed by atoms with E-state index in [-0.39, 0.29) is 51.1 Å². The second-order valence-corrected chi connectivity index (χ2v) is 25.2. The number of aliphatic hydroxyl groups is 1. The number of amides is 2. The van der Waals surface area contributed by atoms with Crippen molar-refractivity contribution in [3.63, 3.8) is 0 Å². The average Bonchev–Trinajstić information content (AvgIpc) is 2.56. The summed E-state index contributed by atoms with van der Waals surface area (Å²) in [6, 6.07) is 0. The number of carbonyl (C=O) groups excluding carboxylic acids is 3. The lowest BCUT2D eigenvalue weighted by Gasteiger charge is -2.61. The van der Waals surface area contributed by atoms with Crippen LogP contribution in [0.3, 0.4) is 0 Å². The van der Waals surface area contributed by atoms with E-state index in [1.165, 1.54) is 6.92 Å². The van der Waals surface area contributed by atoms with Gasteiger partial charge in [-0.1, -0.05) is 67.7 Å². The van der Waals surface area contributed by atoms with Crippen molar-refractivity contribution in [3.05, 3.63) is 0 Å². The van der Waals surface area contributed by atoms with Crippen molar-refractivity contribution in [2.75, 3.05) is 0 Å². The second-order valence-electron chi connectivity index (χ2n) is 15.1. The minimum atomic E-state index is -1.88. The molecule has 0 bridgehead atoms. The molecule has 2 amide bonds. The largest absolute Gasteiger partial charge is 0.463 e. The van der Waals surface area contributed by atoms with Crippen molar-refractivity contribution in [2.45, 2.75) is 161 Å². The topological polar surface area (TPSA) is 87.1 Å². The van der Waals surface area contributed by atoms with Crippen LogP contribution in [0.5, 0.6) is 0 Å². The fourth-order valence-electron chi connectivity index (χ4n) is 5.94. The van der Waals surface area contributed by atoms with Crippen LogP contribution in [0.2, 0.25) is 36.3 Å². The molecule has 0 saturated carbocycles. The van der Waals surface area contributed by atoms with Crippen molar-refractivity contribution in [1.29, 1.82) is 0 Å². The van der Waals surface area contributed by atoms with E-state index in [9.17, 15) is 19.5 Å². The summed E-state index contributed by atoms with van der Waals surface area (Å²) < 4.78 is 9.48. The van der Waals surface area contributed by atoms with Gasteiger partial charge >= 0.3 is 5.97 Å². The normalized spacial score (nSPS) is 26.5. The van der Waals surface area contributed by atoms with Gasteiger partial charge in [-0.05, 0) is 44.2 Å². The SMILES string of the molecule is CC(=O)OC(C)CC1(C)CC(=O)N1[Si](C)(C)C(C)(C)C.CC(O)CC1(C)CC(=O)N1[Si](C)(C)C(C)(C)C. The highest BCUT2D eigenvalue weighted by atomic mass is 28.3. The molecule has 0 aromatic carbocycles. The summed E-state index contributed by atoms with van der Waals surface area (Å²) in [6.07, 6.45) is 2.05. The number of hydrogen-bond donors (Lipinski definition) is 1. The number of β-lactam (4-membered cyclic amide) rings is 2. The van der Waals surface area contributed by atoms with Crippen LogP contribution in [0, 0.1) is 0 Å². The van der Waals surface area contributed by atoms with Crippen molar-refractivity contribution in [2.24, 2.45) is 0 Å². The number of carbonyl (C=O) groups is 3. The maximum Gasteiger partial charge on any atom is 0.302 e. The molecule has 7 nitrogen and oxygen atoms in total. The van der Waals surface area contributed by atoms with Gasteiger partial charge in [-0.25, -0.2) is 0 Å². The number of aliphatic hydroxyl groups excluding tert-OH is 1. The first kappa shape index (κ1) is 33.8. The Kier molecular flexibility index (Phi) is 9.84. The number of ether oxygens (including phenoxy) is 1. The zero-order valence-electron chi connectivity index (χ0n) is 26.5. The molecular formula is C28H56N2O5Si2. The lowest BCUT2D eigenvalue weighted by molar-refractivity contribution is -0.153. The second kappa shape index (κ2) is 10.8. The summed E-state index contributed by atoms with van der Waals surface area (Å²) in [4.78, 5) is 35.3. The summed E-state index contributed by atoms with van der Waals surface area (Å²) in [7, 11) is -3.70. The van der Waals surface area contributed by atoms with Crippen LogP contribution >= 0.6 is 0 Å². The summed E-state index contributed by atoms with van der Waals surface area (Å²) in [5.74, 6) is 0.250. The van der Waals surface area contributed by atoms with E-state index in [1.807, 2.05) is 6.92 Å². The molecule has 37 heavy (non-hydrogen) atoms. The fourth-order valence-corrected chi connectivity index (χ4v) is 11.7. The molecule has 2 aliphatic rings. The van der Waals surface area contributed by atoms with E-state index in [4.69, 9.17) is 4.74 Å². The zero-order chi connectivity index (χ0) is 29.6. The van der Waals surface area contributed by atoms with Crippen molar-refractivity contribution < 1.29 is 24.2 Å². The van der Waals surface area contributed by atoms with Gasteiger partial charge in [0.25, 0.3) is 0 Å². The molecule has 0 radical (unpaired) electrons. The molecule has 216 valence electrons. The van der Waals surface area contributed by atoms with Gasteiger partial charge in [0.15, 0.2) is 16.5 Å². The van der Waals surface area contributed by atoms with Crippen LogP contribution in [0.4, 0.5) is 0 Å². The first-order valence-corrected chi connectivity index (χ1v) is 19.6. The maximum absolute atomic E-state index is 12.2. The lowest BCUT2D eigenvalue weighted by atomic mass is 9.84. The van der Waals surface area contributed by atoms with E-state index in [1.54, 1.807) is 6.92 Å². The highest BCUT2D eigenvalue weighted by molar-refractivity contribution is 6.80. The molecule has 2 rings (SSSR count). The van der Waals surface area contributed by atoms with Gasteiger partial charge in [0.2, 0.25) is 11.8 Å². The standard InChI is InChI=1S/C15H29NO3Si.C13H27NO2Si/c1-11(19-12(2)17)9-15(6)10-13(18)16(15)20(7,8)14(3,4)5;1-10(15)8-13(5)9-11(16)14(13)17(6,7)12(2,3)4/h11H,9-10H2,1-8H3;10,15H,8-9H2,1-7H3. The predicted molar refractivity (Wildman–Crippen MR) is 156 cm³/mol. The van der Waals surface area contributed by atoms with Gasteiger partial charge in [-0.3, -0.25) is 14.4 Å². The van der Waals surface area contributed by atoms with E-state index < -0.39 is 16.5 Å². The molecule has 4 atom stereocenters. The Morgan fingerprint density at radius 3 is 1.43 bits per heavy atom. The highest BCUT2D eigenvalue weighted by Crippen LogP contribution is 2.49. The van der Waals surface area contributed by atoms with Gasteiger partial charge < -0.3 is 19.0 Å². The molecule has 1 N–H and O–H groups in total. The van der Waals surface area contributed by atoms with Gasteiger partial charge in [-0.15, -0.1) is 0 Å². The molecule has 0 aliphatic carbocycles. The Labute approximate surface area is 228 Å². The number of hydrogen-bond acceptors (Lipinski definition) is 5. The third-order valence-electron chi connectivity index (χ3n) is 9.26. The summed E-state index contributed by atoms with van der Waals surface area (Å²) in [6.45, 7) is 31.6. The molecule has 2 aliphatic heterocycles. The number of esters is 1. The van der Waals surface area contributed by atoms with Gasteiger partial charge in [0.05, 0.1) is 6.10 Å². The van der Waals surface area contributed by atoms with Crippen molar-refractivity contribution >= 4 is 34.3 Å². The Balaban J connectivity index is 0.000000375. The van der Waals surface area contributed by atoms with Crippen LogP contribution in [0.25, 0.3) is 0 Å². The van der Waals surface area contributed by atoms with Gasteiger partial charge in [0.1, 0.15) is 6.10 Å². The summed E-state index contributed by atoms with van der Waals surface area (Å²) >= 11 is 0. The van der Waals surface area contributed by atoms with Crippen LogP contribution in [-0.4, -0.2) is 71.8 Å². The fraction of sp³-hybridized carbons (Fsp3) is 0.893. The van der Waals surface area contributed by atoms with E-state index in [2.05, 4.69) is 90.7 Å². The Hall–Kier alpha value is -1.20. The first-order chi connectivity index (χ1) is 16.2. The van der Waals surface area contributed by atoms with Gasteiger partial charge in [0, 0.05) is 37.3 Å². The summed E-state index contributed by atoms with van der Waals surface area (Å²) in [5, 5.41) is 9.88. The minimum absolute atomic E-state index is 0.120. The number of nitrogens with zero attached hydrogens (tertiary/aromatic N) is 2. The van der Waals surface area contributed by atoms with Crippen LogP contribution in [0.15, 0.2) is 0 Å². The third-order valence-corrected chi connectivity index (χ3v) is 20.4. The highest BCUT2D eigenvalue weighted by Gasteiger charge is 2.59. The first-order valence-electron chi connectivity index (χ1n) is 13.7. The smallest absolute Gasteiger partial charge is 0.302 e. The van der Waals surface area contributed by atoms with Crippen molar-refractivity contribution in [3.8, 4) is 0 Å². The van der Waals surface area contributed by atoms with Crippen LogP contribution in [0.1, 0.15) is 102 Å². The van der Waals surface area contributed by atoms with E-state index in [0.29, 0.717) is 25.7 Å². The van der Waals surface area contributed by atoms with E-state index in [0.717, 1.165) is 0 Å². The third kappa shape index (κ3) is 7.07. The quantitative estimate of drug-likeness (QED) is 0.233. The molecule has 2 fully saturated rings.